The van der Waals surface area contributed by atoms with Crippen molar-refractivity contribution in [2.75, 3.05) is 0 Å². The summed E-state index contributed by atoms with van der Waals surface area (Å²) in [7, 11) is 0. The van der Waals surface area contributed by atoms with Crippen LogP contribution in [0, 0.1) is 6.20 Å². The number of nitrogens with zero attached hydrogens (tertiary/aromatic N) is 4. The van der Waals surface area contributed by atoms with Crippen LogP contribution in [0.3, 0.4) is 0 Å². The molecule has 65 valence electrons. The first-order valence-electron chi connectivity index (χ1n) is 4.17. The molecule has 0 N–H and O–H groups in total. The molecule has 4 heteroatoms. The average Bonchev–Trinajstić information content (AvgIpc) is 2.26. The highest BCUT2D eigenvalue weighted by atomic mass is 14.8. The maximum atomic E-state index is 4.19. The second-order valence-corrected chi connectivity index (χ2v) is 2.89. The highest BCUT2D eigenvalue weighted by Gasteiger charge is 1.99. The molecule has 0 unspecified atom stereocenters. The van der Waals surface area contributed by atoms with Crippen molar-refractivity contribution in [3.05, 3.63) is 36.9 Å². The molecular formula is C10H5N4. The summed E-state index contributed by atoms with van der Waals surface area (Å²) in [5.74, 6) is 0. The van der Waals surface area contributed by atoms with Gasteiger partial charge < -0.3 is 0 Å². The van der Waals surface area contributed by atoms with E-state index in [0.29, 0.717) is 0 Å². The fourth-order valence-corrected chi connectivity index (χ4v) is 1.38. The van der Waals surface area contributed by atoms with E-state index in [1.807, 2.05) is 12.1 Å². The second kappa shape index (κ2) is 2.70. The Labute approximate surface area is 79.7 Å². The predicted molar refractivity (Wildman–Crippen MR) is 51.5 cm³/mol. The van der Waals surface area contributed by atoms with Gasteiger partial charge in [-0.05, 0) is 12.1 Å². The summed E-state index contributed by atoms with van der Waals surface area (Å²) in [6.07, 6.45) is 7.56. The SMILES string of the molecule is [c]1cnc2cc3nccnc3cc2n1. The molecule has 1 radical (unpaired) electrons. The first-order valence-corrected chi connectivity index (χ1v) is 4.17. The summed E-state index contributed by atoms with van der Waals surface area (Å²) in [6, 6.07) is 3.74. The first-order chi connectivity index (χ1) is 6.93. The van der Waals surface area contributed by atoms with Crippen LogP contribution in [0.2, 0.25) is 0 Å². The molecule has 3 rings (SSSR count). The maximum Gasteiger partial charge on any atom is 0.109 e. The van der Waals surface area contributed by atoms with Gasteiger partial charge in [-0.25, -0.2) is 4.98 Å². The largest absolute Gasteiger partial charge is 0.253 e. The van der Waals surface area contributed by atoms with Crippen molar-refractivity contribution in [3.63, 3.8) is 0 Å². The molecule has 0 aliphatic heterocycles. The highest BCUT2D eigenvalue weighted by Crippen LogP contribution is 2.15. The molecule has 2 heterocycles. The third-order valence-corrected chi connectivity index (χ3v) is 2.01. The molecule has 0 aliphatic rings. The molecule has 0 aliphatic carbocycles. The third-order valence-electron chi connectivity index (χ3n) is 2.01. The minimum atomic E-state index is 0.792. The topological polar surface area (TPSA) is 51.6 Å². The van der Waals surface area contributed by atoms with Crippen LogP contribution in [0.25, 0.3) is 22.1 Å². The standard InChI is InChI=1S/C10H5N4/c1-2-12-8-6-10-9(5-7(8)11-1)13-3-4-14-10/h1-3,5-6H. The van der Waals surface area contributed by atoms with E-state index >= 15 is 0 Å². The average molecular weight is 181 g/mol. The zero-order chi connectivity index (χ0) is 9.38. The summed E-state index contributed by atoms with van der Waals surface area (Å²) in [5, 5.41) is 0. The van der Waals surface area contributed by atoms with E-state index in [1.165, 1.54) is 0 Å². The van der Waals surface area contributed by atoms with Gasteiger partial charge in [0, 0.05) is 12.4 Å². The maximum absolute atomic E-state index is 4.19. The third kappa shape index (κ3) is 1.01. The summed E-state index contributed by atoms with van der Waals surface area (Å²) in [4.78, 5) is 16.6. The number of benzene rings is 1. The Morgan fingerprint density at radius 3 is 2.21 bits per heavy atom. The van der Waals surface area contributed by atoms with Gasteiger partial charge in [0.25, 0.3) is 0 Å². The van der Waals surface area contributed by atoms with E-state index in [-0.39, 0.29) is 0 Å². The lowest BCUT2D eigenvalue weighted by Crippen LogP contribution is -1.86. The van der Waals surface area contributed by atoms with Crippen LogP contribution in [0.4, 0.5) is 0 Å². The van der Waals surface area contributed by atoms with E-state index < -0.39 is 0 Å². The molecule has 1 aromatic carbocycles. The van der Waals surface area contributed by atoms with Gasteiger partial charge in [-0.2, -0.15) is 0 Å². The van der Waals surface area contributed by atoms with E-state index in [2.05, 4.69) is 26.1 Å². The van der Waals surface area contributed by atoms with Crippen molar-refractivity contribution in [1.82, 2.24) is 19.9 Å². The smallest absolute Gasteiger partial charge is 0.109 e. The van der Waals surface area contributed by atoms with E-state index in [1.54, 1.807) is 18.6 Å². The Bertz CT molecular complexity index is 501. The number of hydrogen-bond donors (Lipinski definition) is 0. The van der Waals surface area contributed by atoms with Gasteiger partial charge in [0.15, 0.2) is 0 Å². The lowest BCUT2D eigenvalue weighted by Gasteiger charge is -1.97. The molecular weight excluding hydrogens is 176 g/mol. The number of aromatic nitrogens is 4. The fourth-order valence-electron chi connectivity index (χ4n) is 1.38. The van der Waals surface area contributed by atoms with Crippen molar-refractivity contribution >= 4 is 22.1 Å². The summed E-state index contributed by atoms with van der Waals surface area (Å²) in [5.41, 5.74) is 3.27. The fraction of sp³-hybridized carbons (Fsp3) is 0. The quantitative estimate of drug-likeness (QED) is 0.491. The van der Waals surface area contributed by atoms with Crippen LogP contribution in [0.15, 0.2) is 30.7 Å². The Balaban J connectivity index is 2.52. The molecule has 0 amide bonds. The summed E-state index contributed by atoms with van der Waals surface area (Å²) < 4.78 is 0. The van der Waals surface area contributed by atoms with Gasteiger partial charge in [-0.15, -0.1) is 0 Å². The van der Waals surface area contributed by atoms with Crippen molar-refractivity contribution in [1.29, 1.82) is 0 Å². The summed E-state index contributed by atoms with van der Waals surface area (Å²) in [6.45, 7) is 0. The lowest BCUT2D eigenvalue weighted by atomic mass is 10.2. The van der Waals surface area contributed by atoms with Crippen LogP contribution in [-0.4, -0.2) is 19.9 Å². The minimum absolute atomic E-state index is 0.792. The van der Waals surface area contributed by atoms with Crippen LogP contribution in [0.5, 0.6) is 0 Å². The van der Waals surface area contributed by atoms with Crippen LogP contribution in [0.1, 0.15) is 0 Å². The zero-order valence-electron chi connectivity index (χ0n) is 7.18. The minimum Gasteiger partial charge on any atom is -0.253 e. The zero-order valence-corrected chi connectivity index (χ0v) is 7.18. The molecule has 0 saturated heterocycles. The van der Waals surface area contributed by atoms with Crippen molar-refractivity contribution < 1.29 is 0 Å². The van der Waals surface area contributed by atoms with Crippen LogP contribution in [-0.2, 0) is 0 Å². The monoisotopic (exact) mass is 181 g/mol. The Hall–Kier alpha value is -2.10. The van der Waals surface area contributed by atoms with Gasteiger partial charge in [0.1, 0.15) is 6.20 Å². The van der Waals surface area contributed by atoms with Crippen LogP contribution < -0.4 is 0 Å². The molecule has 0 bridgehead atoms. The van der Waals surface area contributed by atoms with Crippen molar-refractivity contribution in [2.24, 2.45) is 0 Å². The van der Waals surface area contributed by atoms with E-state index in [9.17, 15) is 0 Å². The molecule has 0 spiro atoms. The molecule has 4 nitrogen and oxygen atoms in total. The van der Waals surface area contributed by atoms with Gasteiger partial charge in [-0.1, -0.05) is 0 Å². The number of fused-ring (bicyclic) bond motifs is 2. The van der Waals surface area contributed by atoms with Crippen molar-refractivity contribution in [3.8, 4) is 0 Å². The number of rotatable bonds is 0. The van der Waals surface area contributed by atoms with Crippen molar-refractivity contribution in [2.45, 2.75) is 0 Å². The predicted octanol–water partition coefficient (Wildman–Crippen LogP) is 1.37. The van der Waals surface area contributed by atoms with Gasteiger partial charge in [0.05, 0.1) is 28.3 Å². The second-order valence-electron chi connectivity index (χ2n) is 2.89. The normalized spacial score (nSPS) is 10.9. The van der Waals surface area contributed by atoms with Crippen LogP contribution >= 0.6 is 0 Å². The number of hydrogen-bond acceptors (Lipinski definition) is 4. The van der Waals surface area contributed by atoms with E-state index in [0.717, 1.165) is 22.1 Å². The Kier molecular flexibility index (Phi) is 1.41. The lowest BCUT2D eigenvalue weighted by molar-refractivity contribution is 1.26. The molecule has 3 aromatic rings. The van der Waals surface area contributed by atoms with Gasteiger partial charge >= 0.3 is 0 Å². The molecule has 0 atom stereocenters. The highest BCUT2D eigenvalue weighted by molar-refractivity contribution is 5.89. The molecule has 2 aromatic heterocycles. The molecule has 14 heavy (non-hydrogen) atoms. The van der Waals surface area contributed by atoms with Gasteiger partial charge in [0.2, 0.25) is 0 Å². The Morgan fingerprint density at radius 2 is 1.43 bits per heavy atom. The van der Waals surface area contributed by atoms with Gasteiger partial charge in [-0.3, -0.25) is 15.0 Å². The van der Waals surface area contributed by atoms with E-state index in [4.69, 9.17) is 0 Å². The summed E-state index contributed by atoms with van der Waals surface area (Å²) >= 11 is 0. The molecule has 0 fully saturated rings. The Morgan fingerprint density at radius 1 is 0.786 bits per heavy atom. The first kappa shape index (κ1) is 7.32. The molecule has 0 saturated carbocycles.